The van der Waals surface area contributed by atoms with Crippen LogP contribution in [0.25, 0.3) is 0 Å². The molecule has 96 valence electrons. The van der Waals surface area contributed by atoms with Crippen molar-refractivity contribution in [3.05, 3.63) is 34.4 Å². The van der Waals surface area contributed by atoms with Crippen LogP contribution in [0.2, 0.25) is 0 Å². The minimum Gasteiger partial charge on any atom is -0.299 e. The van der Waals surface area contributed by atoms with Crippen LogP contribution in [0.5, 0.6) is 0 Å². The summed E-state index contributed by atoms with van der Waals surface area (Å²) >= 11 is 0. The Morgan fingerprint density at radius 2 is 2.06 bits per heavy atom. The lowest BCUT2D eigenvalue weighted by atomic mass is 10.1. The number of ketones is 1. The monoisotopic (exact) mass is 267 g/mol. The lowest BCUT2D eigenvalue weighted by Gasteiger charge is -2.13. The first-order valence-electron chi connectivity index (χ1n) is 5.69. The van der Waals surface area contributed by atoms with Crippen LogP contribution in [0.3, 0.4) is 0 Å². The number of nitrogens with zero attached hydrogens (tertiary/aromatic N) is 1. The molecule has 0 aromatic heterocycles. The van der Waals surface area contributed by atoms with Crippen molar-refractivity contribution in [1.82, 2.24) is 0 Å². The molecule has 3 atom stereocenters. The Morgan fingerprint density at radius 3 is 2.61 bits per heavy atom. The smallest absolute Gasteiger partial charge is 0.285 e. The fraction of sp³-hybridized carbons (Fsp3) is 0.417. The largest absolute Gasteiger partial charge is 0.299 e. The number of hydrogen-bond acceptors (Lipinski definition) is 4. The molecule has 0 amide bonds. The van der Waals surface area contributed by atoms with E-state index in [1.54, 1.807) is 19.1 Å². The van der Waals surface area contributed by atoms with Crippen LogP contribution < -0.4 is 0 Å². The molecule has 0 N–H and O–H groups in total. The first-order chi connectivity index (χ1) is 8.52. The topological polar surface area (TPSA) is 77.3 Å². The van der Waals surface area contributed by atoms with Crippen LogP contribution in [0, 0.1) is 16.0 Å². The zero-order chi connectivity index (χ0) is 13.3. The number of nitro groups is 1. The molecule has 1 aromatic carbocycles. The van der Waals surface area contributed by atoms with Gasteiger partial charge in [0, 0.05) is 23.7 Å². The zero-order valence-electron chi connectivity index (χ0n) is 9.87. The van der Waals surface area contributed by atoms with E-state index >= 15 is 0 Å². The standard InChI is InChI=1S/C12H13NO4S/c1-8-10(14)6-7-11(8)18(17)12-5-3-2-4-9(12)13(15)16/h2-5,8,11H,6-7H2,1H3. The molecule has 1 saturated carbocycles. The molecule has 5 nitrogen and oxygen atoms in total. The van der Waals surface area contributed by atoms with Crippen LogP contribution in [-0.4, -0.2) is 20.2 Å². The third-order valence-electron chi connectivity index (χ3n) is 3.29. The molecule has 1 aromatic rings. The molecule has 1 aliphatic rings. The van der Waals surface area contributed by atoms with E-state index in [0.29, 0.717) is 12.8 Å². The number of carbonyl (C=O) groups is 1. The van der Waals surface area contributed by atoms with Crippen LogP contribution in [0.4, 0.5) is 5.69 Å². The van der Waals surface area contributed by atoms with Gasteiger partial charge in [-0.25, -0.2) is 0 Å². The van der Waals surface area contributed by atoms with E-state index in [0.717, 1.165) is 0 Å². The van der Waals surface area contributed by atoms with Gasteiger partial charge in [0.2, 0.25) is 0 Å². The van der Waals surface area contributed by atoms with E-state index in [2.05, 4.69) is 0 Å². The summed E-state index contributed by atoms with van der Waals surface area (Å²) in [6, 6.07) is 6.02. The first-order valence-corrected chi connectivity index (χ1v) is 6.90. The summed E-state index contributed by atoms with van der Waals surface area (Å²) in [5, 5.41) is 10.6. The second-order valence-electron chi connectivity index (χ2n) is 4.35. The first kappa shape index (κ1) is 12.9. The van der Waals surface area contributed by atoms with Gasteiger partial charge in [-0.2, -0.15) is 0 Å². The highest BCUT2D eigenvalue weighted by Crippen LogP contribution is 2.32. The van der Waals surface area contributed by atoms with Gasteiger partial charge in [0.25, 0.3) is 5.69 Å². The minimum atomic E-state index is -1.50. The molecule has 0 spiro atoms. The van der Waals surface area contributed by atoms with Crippen molar-refractivity contribution in [2.45, 2.75) is 29.9 Å². The van der Waals surface area contributed by atoms with Crippen molar-refractivity contribution in [2.75, 3.05) is 0 Å². The molecule has 0 aliphatic heterocycles. The van der Waals surface area contributed by atoms with E-state index in [9.17, 15) is 19.1 Å². The number of rotatable bonds is 3. The Bertz CT molecular complexity index is 529. The molecular weight excluding hydrogens is 254 g/mol. The highest BCUT2D eigenvalue weighted by atomic mass is 32.2. The van der Waals surface area contributed by atoms with Gasteiger partial charge in [-0.05, 0) is 12.5 Å². The van der Waals surface area contributed by atoms with E-state index in [1.807, 2.05) is 0 Å². The van der Waals surface area contributed by atoms with E-state index in [4.69, 9.17) is 0 Å². The third-order valence-corrected chi connectivity index (χ3v) is 5.27. The van der Waals surface area contributed by atoms with E-state index in [1.165, 1.54) is 12.1 Å². The molecule has 2 rings (SSSR count). The maximum Gasteiger partial charge on any atom is 0.285 e. The molecule has 1 aliphatic carbocycles. The molecule has 0 radical (unpaired) electrons. The Morgan fingerprint density at radius 1 is 1.39 bits per heavy atom. The fourth-order valence-corrected chi connectivity index (χ4v) is 3.95. The van der Waals surface area contributed by atoms with Gasteiger partial charge in [0.1, 0.15) is 10.7 Å². The average Bonchev–Trinajstić information content (AvgIpc) is 2.69. The number of hydrogen-bond donors (Lipinski definition) is 0. The molecule has 18 heavy (non-hydrogen) atoms. The molecule has 1 fully saturated rings. The minimum absolute atomic E-state index is 0.0898. The zero-order valence-corrected chi connectivity index (χ0v) is 10.7. The molecule has 0 bridgehead atoms. The summed E-state index contributed by atoms with van der Waals surface area (Å²) in [7, 11) is -1.50. The van der Waals surface area contributed by atoms with E-state index in [-0.39, 0.29) is 27.5 Å². The summed E-state index contributed by atoms with van der Waals surface area (Å²) in [5.41, 5.74) is -0.137. The molecule has 3 unspecified atom stereocenters. The summed E-state index contributed by atoms with van der Waals surface area (Å²) in [5.74, 6) is -0.197. The van der Waals surface area contributed by atoms with Crippen molar-refractivity contribution in [2.24, 2.45) is 5.92 Å². The van der Waals surface area contributed by atoms with Gasteiger partial charge >= 0.3 is 0 Å². The number of nitro benzene ring substituents is 1. The van der Waals surface area contributed by atoms with Crippen LogP contribution in [-0.2, 0) is 15.6 Å². The molecular formula is C12H13NO4S. The highest BCUT2D eigenvalue weighted by Gasteiger charge is 2.37. The SMILES string of the molecule is CC1C(=O)CCC1S(=O)c1ccccc1[N+](=O)[O-]. The number of benzene rings is 1. The van der Waals surface area contributed by atoms with Crippen molar-refractivity contribution in [1.29, 1.82) is 0 Å². The predicted molar refractivity (Wildman–Crippen MR) is 66.7 cm³/mol. The van der Waals surface area contributed by atoms with Crippen molar-refractivity contribution in [3.8, 4) is 0 Å². The molecule has 0 heterocycles. The van der Waals surface area contributed by atoms with Crippen molar-refractivity contribution < 1.29 is 13.9 Å². The fourth-order valence-electron chi connectivity index (χ4n) is 2.20. The predicted octanol–water partition coefficient (Wildman–Crippen LogP) is 2.07. The van der Waals surface area contributed by atoms with Crippen LogP contribution in [0.1, 0.15) is 19.8 Å². The third kappa shape index (κ3) is 2.20. The van der Waals surface area contributed by atoms with Gasteiger partial charge in [0.15, 0.2) is 0 Å². The normalized spacial score (nSPS) is 25.1. The Hall–Kier alpha value is -1.56. The Labute approximate surface area is 107 Å². The van der Waals surface area contributed by atoms with Gasteiger partial charge in [-0.3, -0.25) is 19.1 Å². The maximum atomic E-state index is 12.4. The lowest BCUT2D eigenvalue weighted by molar-refractivity contribution is -0.387. The van der Waals surface area contributed by atoms with Gasteiger partial charge in [0.05, 0.1) is 15.7 Å². The lowest BCUT2D eigenvalue weighted by Crippen LogP contribution is -2.21. The summed E-state index contributed by atoms with van der Waals surface area (Å²) in [6.07, 6.45) is 0.955. The van der Waals surface area contributed by atoms with Crippen LogP contribution in [0.15, 0.2) is 29.2 Å². The number of carbonyl (C=O) groups excluding carboxylic acids is 1. The van der Waals surface area contributed by atoms with Gasteiger partial charge < -0.3 is 0 Å². The quantitative estimate of drug-likeness (QED) is 0.620. The average molecular weight is 267 g/mol. The molecule has 0 saturated heterocycles. The Balaban J connectivity index is 2.35. The number of para-hydroxylation sites is 1. The molecule has 6 heteroatoms. The van der Waals surface area contributed by atoms with E-state index < -0.39 is 15.7 Å². The van der Waals surface area contributed by atoms with Crippen molar-refractivity contribution >= 4 is 22.3 Å². The second kappa shape index (κ2) is 4.97. The van der Waals surface area contributed by atoms with Crippen LogP contribution >= 0.6 is 0 Å². The summed E-state index contributed by atoms with van der Waals surface area (Å²) in [6.45, 7) is 1.74. The summed E-state index contributed by atoms with van der Waals surface area (Å²) in [4.78, 5) is 22.0. The van der Waals surface area contributed by atoms with Crippen molar-refractivity contribution in [3.63, 3.8) is 0 Å². The highest BCUT2D eigenvalue weighted by molar-refractivity contribution is 7.86. The Kier molecular flexibility index (Phi) is 3.56. The maximum absolute atomic E-state index is 12.4. The van der Waals surface area contributed by atoms with Gasteiger partial charge in [-0.1, -0.05) is 19.1 Å². The second-order valence-corrected chi connectivity index (χ2v) is 5.99. The number of Topliss-reactive ketones (excluding diaryl/α,β-unsaturated/α-hetero) is 1. The van der Waals surface area contributed by atoms with Gasteiger partial charge in [-0.15, -0.1) is 0 Å². The summed E-state index contributed by atoms with van der Waals surface area (Å²) < 4.78 is 12.4.